The number of rotatable bonds is 1. The van der Waals surface area contributed by atoms with E-state index in [1.165, 1.54) is 7.11 Å². The van der Waals surface area contributed by atoms with Crippen molar-refractivity contribution in [1.29, 1.82) is 0 Å². The van der Waals surface area contributed by atoms with Crippen LogP contribution in [0.3, 0.4) is 0 Å². The van der Waals surface area contributed by atoms with Crippen LogP contribution in [0.25, 0.3) is 0 Å². The molecule has 0 unspecified atom stereocenters. The Balaban J connectivity index is 3.56. The van der Waals surface area contributed by atoms with Gasteiger partial charge in [0.2, 0.25) is 0 Å². The molecular formula is C8H7BrCl2O2. The van der Waals surface area contributed by atoms with E-state index in [9.17, 15) is 5.11 Å². The lowest BCUT2D eigenvalue weighted by Crippen LogP contribution is -1.90. The van der Waals surface area contributed by atoms with Crippen molar-refractivity contribution < 1.29 is 9.84 Å². The largest absolute Gasteiger partial charge is 0.505 e. The van der Waals surface area contributed by atoms with Gasteiger partial charge in [-0.15, -0.1) is 0 Å². The van der Waals surface area contributed by atoms with E-state index in [0.717, 1.165) is 0 Å². The molecule has 72 valence electrons. The molecule has 0 heterocycles. The molecule has 5 heteroatoms. The minimum atomic E-state index is -0.0552. The highest BCUT2D eigenvalue weighted by molar-refractivity contribution is 9.10. The zero-order valence-corrected chi connectivity index (χ0v) is 10.1. The van der Waals surface area contributed by atoms with Crippen molar-refractivity contribution in [2.24, 2.45) is 0 Å². The normalized spacial score (nSPS) is 10.2. The average Bonchev–Trinajstić information content (AvgIpc) is 2.13. The van der Waals surface area contributed by atoms with Crippen LogP contribution in [-0.2, 0) is 0 Å². The Hall–Kier alpha value is -0.120. The number of phenolic OH excluding ortho intramolecular Hbond substituents is 1. The zero-order chi connectivity index (χ0) is 10.2. The van der Waals surface area contributed by atoms with Crippen LogP contribution in [0.15, 0.2) is 4.47 Å². The van der Waals surface area contributed by atoms with Gasteiger partial charge in [0.15, 0.2) is 11.5 Å². The van der Waals surface area contributed by atoms with Crippen molar-refractivity contribution in [2.75, 3.05) is 7.11 Å². The Bertz CT molecular complexity index is 323. The highest BCUT2D eigenvalue weighted by Crippen LogP contribution is 2.46. The average molecular weight is 286 g/mol. The standard InChI is InChI=1S/C8H7BrCl2O2/c1-3-5(10)7(12)4(9)8(13-2)6(3)11/h12H,1-2H3. The van der Waals surface area contributed by atoms with Crippen molar-refractivity contribution >= 4 is 39.1 Å². The first-order valence-corrected chi connectivity index (χ1v) is 4.95. The summed E-state index contributed by atoms with van der Waals surface area (Å²) in [4.78, 5) is 0. The molecule has 0 radical (unpaired) electrons. The fourth-order valence-corrected chi connectivity index (χ4v) is 2.21. The van der Waals surface area contributed by atoms with Crippen LogP contribution < -0.4 is 4.74 Å². The monoisotopic (exact) mass is 284 g/mol. The van der Waals surface area contributed by atoms with Gasteiger partial charge in [0, 0.05) is 0 Å². The third-order valence-electron chi connectivity index (χ3n) is 1.68. The van der Waals surface area contributed by atoms with Gasteiger partial charge in [0.05, 0.1) is 17.2 Å². The van der Waals surface area contributed by atoms with Crippen molar-refractivity contribution in [3.8, 4) is 11.5 Å². The number of halogens is 3. The smallest absolute Gasteiger partial charge is 0.155 e. The molecule has 2 nitrogen and oxygen atoms in total. The van der Waals surface area contributed by atoms with Crippen LogP contribution in [-0.4, -0.2) is 12.2 Å². The zero-order valence-electron chi connectivity index (χ0n) is 6.99. The minimum absolute atomic E-state index is 0.0552. The molecule has 0 aliphatic carbocycles. The topological polar surface area (TPSA) is 29.5 Å². The number of aromatic hydroxyl groups is 1. The first-order valence-electron chi connectivity index (χ1n) is 3.40. The molecule has 0 fully saturated rings. The molecular weight excluding hydrogens is 279 g/mol. The lowest BCUT2D eigenvalue weighted by Gasteiger charge is -2.11. The number of hydrogen-bond donors (Lipinski definition) is 1. The second-order valence-corrected chi connectivity index (χ2v) is 4.00. The number of ether oxygens (including phenoxy) is 1. The van der Waals surface area contributed by atoms with Crippen LogP contribution in [0.4, 0.5) is 0 Å². The van der Waals surface area contributed by atoms with Gasteiger partial charge >= 0.3 is 0 Å². The highest BCUT2D eigenvalue weighted by Gasteiger charge is 2.18. The predicted molar refractivity (Wildman–Crippen MR) is 57.1 cm³/mol. The summed E-state index contributed by atoms with van der Waals surface area (Å²) in [5.74, 6) is 0.335. The summed E-state index contributed by atoms with van der Waals surface area (Å²) in [6, 6.07) is 0. The number of benzene rings is 1. The van der Waals surface area contributed by atoms with Gasteiger partial charge in [-0.05, 0) is 28.4 Å². The van der Waals surface area contributed by atoms with Crippen LogP contribution in [0.1, 0.15) is 5.56 Å². The first kappa shape index (κ1) is 11.0. The third kappa shape index (κ3) is 1.73. The van der Waals surface area contributed by atoms with Gasteiger partial charge in [-0.2, -0.15) is 0 Å². The Kier molecular flexibility index (Phi) is 3.33. The maximum atomic E-state index is 9.51. The lowest BCUT2D eigenvalue weighted by atomic mass is 10.2. The van der Waals surface area contributed by atoms with Gasteiger partial charge < -0.3 is 9.84 Å². The van der Waals surface area contributed by atoms with Crippen LogP contribution in [0, 0.1) is 6.92 Å². The van der Waals surface area contributed by atoms with Gasteiger partial charge in [-0.3, -0.25) is 0 Å². The summed E-state index contributed by atoms with van der Waals surface area (Å²) in [6.07, 6.45) is 0. The Morgan fingerprint density at radius 2 is 1.85 bits per heavy atom. The minimum Gasteiger partial charge on any atom is -0.505 e. The van der Waals surface area contributed by atoms with Gasteiger partial charge in [-0.25, -0.2) is 0 Å². The molecule has 1 aromatic carbocycles. The fourth-order valence-electron chi connectivity index (χ4n) is 0.924. The number of phenols is 1. The van der Waals surface area contributed by atoms with Crippen molar-refractivity contribution in [1.82, 2.24) is 0 Å². The summed E-state index contributed by atoms with van der Waals surface area (Å²) in [5.41, 5.74) is 0.598. The fraction of sp³-hybridized carbons (Fsp3) is 0.250. The Labute approximate surface area is 94.5 Å². The number of methoxy groups -OCH3 is 1. The van der Waals surface area contributed by atoms with Crippen molar-refractivity contribution in [3.63, 3.8) is 0 Å². The SMILES string of the molecule is COc1c(Cl)c(C)c(Cl)c(O)c1Br. The van der Waals surface area contributed by atoms with Gasteiger partial charge in [-0.1, -0.05) is 23.2 Å². The Morgan fingerprint density at radius 3 is 2.31 bits per heavy atom. The summed E-state index contributed by atoms with van der Waals surface area (Å²) < 4.78 is 5.37. The molecule has 0 spiro atoms. The Morgan fingerprint density at radius 1 is 1.31 bits per heavy atom. The maximum Gasteiger partial charge on any atom is 0.155 e. The van der Waals surface area contributed by atoms with E-state index in [-0.39, 0.29) is 10.8 Å². The van der Waals surface area contributed by atoms with Crippen LogP contribution in [0.5, 0.6) is 11.5 Å². The molecule has 1 aromatic rings. The quantitative estimate of drug-likeness (QED) is 0.851. The van der Waals surface area contributed by atoms with Crippen molar-refractivity contribution in [3.05, 3.63) is 20.1 Å². The highest BCUT2D eigenvalue weighted by atomic mass is 79.9. The van der Waals surface area contributed by atoms with E-state index in [4.69, 9.17) is 27.9 Å². The summed E-state index contributed by atoms with van der Waals surface area (Å²) in [6.45, 7) is 1.71. The molecule has 0 amide bonds. The molecule has 0 aliphatic rings. The van der Waals surface area contributed by atoms with E-state index in [0.29, 0.717) is 20.8 Å². The lowest BCUT2D eigenvalue weighted by molar-refractivity contribution is 0.403. The predicted octanol–water partition coefficient (Wildman–Crippen LogP) is 3.78. The molecule has 0 bridgehead atoms. The van der Waals surface area contributed by atoms with E-state index < -0.39 is 0 Å². The maximum absolute atomic E-state index is 9.51. The van der Waals surface area contributed by atoms with Crippen LogP contribution >= 0.6 is 39.1 Å². The number of hydrogen-bond acceptors (Lipinski definition) is 2. The van der Waals surface area contributed by atoms with E-state index in [1.807, 2.05) is 0 Å². The summed E-state index contributed by atoms with van der Waals surface area (Å²) in [5, 5.41) is 10.1. The summed E-state index contributed by atoms with van der Waals surface area (Å²) >= 11 is 14.9. The second-order valence-electron chi connectivity index (χ2n) is 2.45. The molecule has 0 saturated carbocycles. The molecule has 0 aromatic heterocycles. The van der Waals surface area contributed by atoms with Gasteiger partial charge in [0.25, 0.3) is 0 Å². The van der Waals surface area contributed by atoms with E-state index in [2.05, 4.69) is 15.9 Å². The molecule has 1 rings (SSSR count). The summed E-state index contributed by atoms with van der Waals surface area (Å²) in [7, 11) is 1.47. The third-order valence-corrected chi connectivity index (χ3v) is 3.33. The second kappa shape index (κ2) is 3.95. The molecule has 0 aliphatic heterocycles. The molecule has 1 N–H and O–H groups in total. The van der Waals surface area contributed by atoms with Crippen molar-refractivity contribution in [2.45, 2.75) is 6.92 Å². The molecule has 13 heavy (non-hydrogen) atoms. The van der Waals surface area contributed by atoms with E-state index in [1.54, 1.807) is 6.92 Å². The van der Waals surface area contributed by atoms with Gasteiger partial charge in [0.1, 0.15) is 4.47 Å². The first-order chi connectivity index (χ1) is 6.00. The molecule has 0 atom stereocenters. The van der Waals surface area contributed by atoms with Crippen LogP contribution in [0.2, 0.25) is 10.0 Å². The van der Waals surface area contributed by atoms with E-state index >= 15 is 0 Å². The molecule has 0 saturated heterocycles.